The Balaban J connectivity index is 1.75. The number of hydrogen-bond donors (Lipinski definition) is 1. The molecule has 1 heterocycles. The van der Waals surface area contributed by atoms with E-state index in [1.165, 1.54) is 12.8 Å². The molecule has 1 aliphatic carbocycles. The SMILES string of the molecule is N[C@@H]1C[C@H]1CCn1cccn1. The van der Waals surface area contributed by atoms with E-state index < -0.39 is 0 Å². The summed E-state index contributed by atoms with van der Waals surface area (Å²) in [4.78, 5) is 0. The van der Waals surface area contributed by atoms with E-state index in [-0.39, 0.29) is 0 Å². The zero-order valence-electron chi connectivity index (χ0n) is 6.48. The van der Waals surface area contributed by atoms with Gasteiger partial charge in [0.2, 0.25) is 0 Å². The molecule has 1 saturated carbocycles. The third kappa shape index (κ3) is 1.60. The van der Waals surface area contributed by atoms with Crippen molar-refractivity contribution in [1.29, 1.82) is 0 Å². The largest absolute Gasteiger partial charge is 0.327 e. The second kappa shape index (κ2) is 2.66. The van der Waals surface area contributed by atoms with E-state index in [9.17, 15) is 0 Å². The Morgan fingerprint density at radius 1 is 1.64 bits per heavy atom. The number of aromatic nitrogens is 2. The van der Waals surface area contributed by atoms with Crippen molar-refractivity contribution in [2.45, 2.75) is 25.4 Å². The lowest BCUT2D eigenvalue weighted by Crippen LogP contribution is -2.05. The van der Waals surface area contributed by atoms with Gasteiger partial charge in [0.15, 0.2) is 0 Å². The molecule has 0 aliphatic heterocycles. The Kier molecular flexibility index (Phi) is 1.66. The monoisotopic (exact) mass is 151 g/mol. The highest BCUT2D eigenvalue weighted by atomic mass is 15.3. The second-order valence-corrected chi connectivity index (χ2v) is 3.22. The normalized spacial score (nSPS) is 28.8. The minimum atomic E-state index is 0.477. The Hall–Kier alpha value is -0.830. The van der Waals surface area contributed by atoms with Crippen LogP contribution in [-0.2, 0) is 6.54 Å². The molecule has 0 saturated heterocycles. The van der Waals surface area contributed by atoms with Gasteiger partial charge >= 0.3 is 0 Å². The van der Waals surface area contributed by atoms with Crippen LogP contribution >= 0.6 is 0 Å². The topological polar surface area (TPSA) is 43.8 Å². The van der Waals surface area contributed by atoms with Crippen molar-refractivity contribution >= 4 is 0 Å². The van der Waals surface area contributed by atoms with Gasteiger partial charge in [0.1, 0.15) is 0 Å². The van der Waals surface area contributed by atoms with Crippen LogP contribution in [0.4, 0.5) is 0 Å². The highest BCUT2D eigenvalue weighted by Crippen LogP contribution is 2.31. The number of hydrogen-bond acceptors (Lipinski definition) is 2. The van der Waals surface area contributed by atoms with E-state index in [1.54, 1.807) is 0 Å². The predicted octanol–water partition coefficient (Wildman–Crippen LogP) is 0.620. The molecule has 2 N–H and O–H groups in total. The summed E-state index contributed by atoms with van der Waals surface area (Å²) in [7, 11) is 0. The van der Waals surface area contributed by atoms with Gasteiger partial charge in [-0.05, 0) is 24.8 Å². The van der Waals surface area contributed by atoms with Crippen molar-refractivity contribution in [1.82, 2.24) is 9.78 Å². The molecule has 0 aromatic carbocycles. The summed E-state index contributed by atoms with van der Waals surface area (Å²) in [6, 6.07) is 2.43. The van der Waals surface area contributed by atoms with E-state index in [2.05, 4.69) is 5.10 Å². The molecule has 1 aromatic heterocycles. The van der Waals surface area contributed by atoms with Crippen LogP contribution in [0.1, 0.15) is 12.8 Å². The lowest BCUT2D eigenvalue weighted by Gasteiger charge is -1.98. The van der Waals surface area contributed by atoms with Gasteiger partial charge in [-0.3, -0.25) is 4.68 Å². The van der Waals surface area contributed by atoms with Gasteiger partial charge in [0.25, 0.3) is 0 Å². The van der Waals surface area contributed by atoms with Crippen molar-refractivity contribution in [3.63, 3.8) is 0 Å². The van der Waals surface area contributed by atoms with Crippen LogP contribution in [0.25, 0.3) is 0 Å². The first-order valence-corrected chi connectivity index (χ1v) is 4.09. The summed E-state index contributed by atoms with van der Waals surface area (Å²) in [6.45, 7) is 1.02. The molecule has 0 amide bonds. The fraction of sp³-hybridized carbons (Fsp3) is 0.625. The molecule has 0 bridgehead atoms. The number of aryl methyl sites for hydroxylation is 1. The van der Waals surface area contributed by atoms with Crippen LogP contribution in [0.2, 0.25) is 0 Å². The third-order valence-electron chi connectivity index (χ3n) is 2.27. The lowest BCUT2D eigenvalue weighted by molar-refractivity contribution is 0.539. The van der Waals surface area contributed by atoms with Crippen LogP contribution in [0, 0.1) is 5.92 Å². The third-order valence-corrected chi connectivity index (χ3v) is 2.27. The minimum absolute atomic E-state index is 0.477. The van der Waals surface area contributed by atoms with E-state index in [4.69, 9.17) is 5.73 Å². The zero-order valence-corrected chi connectivity index (χ0v) is 6.48. The van der Waals surface area contributed by atoms with Crippen LogP contribution in [0.5, 0.6) is 0 Å². The van der Waals surface area contributed by atoms with Crippen LogP contribution in [0.3, 0.4) is 0 Å². The summed E-state index contributed by atoms with van der Waals surface area (Å²) in [5.41, 5.74) is 5.68. The van der Waals surface area contributed by atoms with Gasteiger partial charge in [-0.15, -0.1) is 0 Å². The maximum atomic E-state index is 5.68. The Labute approximate surface area is 66.2 Å². The fourth-order valence-corrected chi connectivity index (χ4v) is 1.33. The number of rotatable bonds is 3. The van der Waals surface area contributed by atoms with E-state index in [1.807, 2.05) is 23.1 Å². The fourth-order valence-electron chi connectivity index (χ4n) is 1.33. The summed E-state index contributed by atoms with van der Waals surface area (Å²) >= 11 is 0. The molecule has 1 aromatic rings. The summed E-state index contributed by atoms with van der Waals surface area (Å²) < 4.78 is 1.96. The highest BCUT2D eigenvalue weighted by molar-refractivity contribution is 4.89. The Morgan fingerprint density at radius 3 is 3.00 bits per heavy atom. The smallest absolute Gasteiger partial charge is 0.0489 e. The molecule has 11 heavy (non-hydrogen) atoms. The first kappa shape index (κ1) is 6.85. The van der Waals surface area contributed by atoms with Gasteiger partial charge in [-0.25, -0.2) is 0 Å². The quantitative estimate of drug-likeness (QED) is 0.688. The van der Waals surface area contributed by atoms with Gasteiger partial charge in [0, 0.05) is 25.0 Å². The van der Waals surface area contributed by atoms with Gasteiger partial charge in [-0.2, -0.15) is 5.10 Å². The molecule has 0 spiro atoms. The molecule has 60 valence electrons. The molecule has 1 aliphatic rings. The van der Waals surface area contributed by atoms with Gasteiger partial charge in [-0.1, -0.05) is 0 Å². The van der Waals surface area contributed by atoms with Crippen molar-refractivity contribution in [3.8, 4) is 0 Å². The first-order valence-electron chi connectivity index (χ1n) is 4.09. The predicted molar refractivity (Wildman–Crippen MR) is 42.9 cm³/mol. The standard InChI is InChI=1S/C8H13N3/c9-8-6-7(8)2-5-11-4-1-3-10-11/h1,3-4,7-8H,2,5-6,9H2/t7-,8-/m1/s1. The summed E-state index contributed by atoms with van der Waals surface area (Å²) in [5.74, 6) is 0.763. The number of nitrogens with two attached hydrogens (primary N) is 1. The maximum Gasteiger partial charge on any atom is 0.0489 e. The summed E-state index contributed by atoms with van der Waals surface area (Å²) in [6.07, 6.45) is 6.20. The molecule has 2 rings (SSSR count). The van der Waals surface area contributed by atoms with Crippen molar-refractivity contribution in [2.24, 2.45) is 11.7 Å². The second-order valence-electron chi connectivity index (χ2n) is 3.22. The lowest BCUT2D eigenvalue weighted by atomic mass is 10.3. The maximum absolute atomic E-state index is 5.68. The molecular weight excluding hydrogens is 138 g/mol. The molecule has 3 heteroatoms. The molecule has 1 fully saturated rings. The highest BCUT2D eigenvalue weighted by Gasteiger charge is 2.32. The molecule has 0 unspecified atom stereocenters. The zero-order chi connectivity index (χ0) is 7.68. The minimum Gasteiger partial charge on any atom is -0.327 e. The summed E-state index contributed by atoms with van der Waals surface area (Å²) in [5, 5.41) is 4.12. The molecule has 2 atom stereocenters. The van der Waals surface area contributed by atoms with Gasteiger partial charge < -0.3 is 5.73 Å². The Morgan fingerprint density at radius 2 is 2.45 bits per heavy atom. The molecular formula is C8H13N3. The molecule has 0 radical (unpaired) electrons. The number of nitrogens with zero attached hydrogens (tertiary/aromatic N) is 2. The van der Waals surface area contributed by atoms with E-state index in [0.29, 0.717) is 6.04 Å². The van der Waals surface area contributed by atoms with E-state index >= 15 is 0 Å². The Bertz CT molecular complexity index is 217. The van der Waals surface area contributed by atoms with Gasteiger partial charge in [0.05, 0.1) is 0 Å². The van der Waals surface area contributed by atoms with Crippen LogP contribution in [0.15, 0.2) is 18.5 Å². The van der Waals surface area contributed by atoms with Crippen molar-refractivity contribution < 1.29 is 0 Å². The van der Waals surface area contributed by atoms with Crippen LogP contribution in [-0.4, -0.2) is 15.8 Å². The van der Waals surface area contributed by atoms with Crippen LogP contribution < -0.4 is 5.73 Å². The molecule has 3 nitrogen and oxygen atoms in total. The average molecular weight is 151 g/mol. The van der Waals surface area contributed by atoms with Crippen molar-refractivity contribution in [2.75, 3.05) is 0 Å². The first-order chi connectivity index (χ1) is 5.36. The van der Waals surface area contributed by atoms with Crippen molar-refractivity contribution in [3.05, 3.63) is 18.5 Å². The average Bonchev–Trinajstić information content (AvgIpc) is 2.55. The van der Waals surface area contributed by atoms with E-state index in [0.717, 1.165) is 12.5 Å².